The molecule has 0 spiro atoms. The molecule has 3 nitrogen and oxygen atoms in total. The van der Waals surface area contributed by atoms with Crippen LogP contribution in [0.15, 0.2) is 60.7 Å². The summed E-state index contributed by atoms with van der Waals surface area (Å²) in [7, 11) is 0. The molecule has 0 radical (unpaired) electrons. The smallest absolute Gasteiger partial charge is 0.168 e. The van der Waals surface area contributed by atoms with Gasteiger partial charge in [0.15, 0.2) is 5.82 Å². The lowest BCUT2D eigenvalue weighted by Gasteiger charge is -2.26. The van der Waals surface area contributed by atoms with Crippen LogP contribution in [-0.2, 0) is 10.8 Å². The van der Waals surface area contributed by atoms with Crippen molar-refractivity contribution in [2.24, 2.45) is 0 Å². The van der Waals surface area contributed by atoms with Crippen LogP contribution < -0.4 is 0 Å². The van der Waals surface area contributed by atoms with Gasteiger partial charge in [0, 0.05) is 16.4 Å². The fraction of sp³-hybridized carbons (Fsp3) is 0.375. The monoisotopic (exact) mass is 463 g/mol. The predicted molar refractivity (Wildman–Crippen MR) is 146 cm³/mol. The van der Waals surface area contributed by atoms with Crippen LogP contribution in [0.1, 0.15) is 82.0 Å². The third-order valence-corrected chi connectivity index (χ3v) is 7.86. The number of rotatable bonds is 6. The standard InChI is InChI=1S/C32H37N3/c1-8-9-18-31(4,5)30-34-33-29(35(30)28-17-14-21(2)19-22(28)3)23-15-16-27-25(20-23)24-12-10-11-13-26(24)32(27,6)7/h10-17,19-20H,8-9,18H2,1-7H3. The van der Waals surface area contributed by atoms with Gasteiger partial charge in [-0.25, -0.2) is 0 Å². The van der Waals surface area contributed by atoms with Crippen LogP contribution in [-0.4, -0.2) is 14.8 Å². The van der Waals surface area contributed by atoms with Crippen LogP contribution in [0, 0.1) is 13.8 Å². The molecule has 4 aromatic rings. The lowest BCUT2D eigenvalue weighted by atomic mass is 9.82. The van der Waals surface area contributed by atoms with Gasteiger partial charge in [0.1, 0.15) is 5.82 Å². The second-order valence-electron chi connectivity index (χ2n) is 11.4. The van der Waals surface area contributed by atoms with Gasteiger partial charge in [0.05, 0.1) is 5.69 Å². The molecule has 3 heteroatoms. The summed E-state index contributed by atoms with van der Waals surface area (Å²) in [4.78, 5) is 0. The zero-order chi connectivity index (χ0) is 25.0. The Morgan fingerprint density at radius 1 is 0.857 bits per heavy atom. The topological polar surface area (TPSA) is 30.7 Å². The van der Waals surface area contributed by atoms with E-state index in [0.717, 1.165) is 29.3 Å². The SMILES string of the molecule is CCCCC(C)(C)c1nnc(-c2ccc3c(c2)-c2ccccc2C3(C)C)n1-c1ccc(C)cc1C. The van der Waals surface area contributed by atoms with E-state index < -0.39 is 0 Å². The number of fused-ring (bicyclic) bond motifs is 3. The van der Waals surface area contributed by atoms with Gasteiger partial charge in [-0.2, -0.15) is 0 Å². The van der Waals surface area contributed by atoms with E-state index in [-0.39, 0.29) is 10.8 Å². The molecule has 3 aromatic carbocycles. The Bertz CT molecular complexity index is 1400. The van der Waals surface area contributed by atoms with Crippen molar-refractivity contribution in [3.05, 3.63) is 88.7 Å². The highest BCUT2D eigenvalue weighted by atomic mass is 15.3. The first-order valence-corrected chi connectivity index (χ1v) is 12.9. The van der Waals surface area contributed by atoms with Crippen molar-refractivity contribution in [2.75, 3.05) is 0 Å². The molecule has 0 unspecified atom stereocenters. The summed E-state index contributed by atoms with van der Waals surface area (Å²) in [6.07, 6.45) is 3.43. The van der Waals surface area contributed by atoms with Crippen LogP contribution in [0.2, 0.25) is 0 Å². The normalized spacial score (nSPS) is 14.1. The molecule has 0 saturated heterocycles. The first kappa shape index (κ1) is 23.5. The van der Waals surface area contributed by atoms with Gasteiger partial charge in [0.2, 0.25) is 0 Å². The number of aryl methyl sites for hydroxylation is 2. The average Bonchev–Trinajstić information content (AvgIpc) is 3.36. The number of aromatic nitrogens is 3. The molecule has 1 aliphatic carbocycles. The Balaban J connectivity index is 1.73. The van der Waals surface area contributed by atoms with Crippen LogP contribution >= 0.6 is 0 Å². The van der Waals surface area contributed by atoms with Gasteiger partial charge in [-0.3, -0.25) is 4.57 Å². The van der Waals surface area contributed by atoms with Crippen molar-refractivity contribution in [2.45, 2.75) is 78.6 Å². The predicted octanol–water partition coefficient (Wildman–Crippen LogP) is 8.33. The molecular formula is C32H37N3. The molecule has 0 saturated carbocycles. The first-order valence-electron chi connectivity index (χ1n) is 12.9. The number of benzene rings is 3. The van der Waals surface area contributed by atoms with Crippen molar-refractivity contribution in [3.63, 3.8) is 0 Å². The van der Waals surface area contributed by atoms with E-state index >= 15 is 0 Å². The summed E-state index contributed by atoms with van der Waals surface area (Å²) >= 11 is 0. The minimum absolute atomic E-state index is 0.00101. The first-order chi connectivity index (χ1) is 16.6. The van der Waals surface area contributed by atoms with Crippen molar-refractivity contribution in [1.82, 2.24) is 14.8 Å². The van der Waals surface area contributed by atoms with E-state index in [1.165, 1.54) is 46.2 Å². The molecule has 0 aliphatic heterocycles. The van der Waals surface area contributed by atoms with Crippen molar-refractivity contribution >= 4 is 0 Å². The van der Waals surface area contributed by atoms with Gasteiger partial charge >= 0.3 is 0 Å². The van der Waals surface area contributed by atoms with Crippen molar-refractivity contribution in [1.29, 1.82) is 0 Å². The van der Waals surface area contributed by atoms with Gasteiger partial charge in [-0.05, 0) is 60.2 Å². The van der Waals surface area contributed by atoms with E-state index in [0.29, 0.717) is 0 Å². The summed E-state index contributed by atoms with van der Waals surface area (Å²) in [5.74, 6) is 1.95. The molecule has 0 amide bonds. The van der Waals surface area contributed by atoms with Gasteiger partial charge in [0.25, 0.3) is 0 Å². The lowest BCUT2D eigenvalue weighted by molar-refractivity contribution is 0.425. The molecule has 0 N–H and O–H groups in total. The maximum Gasteiger partial charge on any atom is 0.168 e. The maximum absolute atomic E-state index is 4.84. The molecular weight excluding hydrogens is 426 g/mol. The van der Waals surface area contributed by atoms with Gasteiger partial charge in [-0.1, -0.05) is 102 Å². The Labute approximate surface area is 210 Å². The second-order valence-corrected chi connectivity index (χ2v) is 11.4. The molecule has 5 rings (SSSR count). The largest absolute Gasteiger partial charge is 0.278 e. The van der Waals surface area contributed by atoms with E-state index in [4.69, 9.17) is 10.2 Å². The molecule has 1 heterocycles. The summed E-state index contributed by atoms with van der Waals surface area (Å²) in [5.41, 5.74) is 10.1. The zero-order valence-electron chi connectivity index (χ0n) is 22.2. The van der Waals surface area contributed by atoms with Crippen LogP contribution in [0.4, 0.5) is 0 Å². The van der Waals surface area contributed by atoms with Gasteiger partial charge < -0.3 is 0 Å². The highest BCUT2D eigenvalue weighted by molar-refractivity contribution is 5.83. The highest BCUT2D eigenvalue weighted by Gasteiger charge is 2.36. The zero-order valence-corrected chi connectivity index (χ0v) is 22.2. The van der Waals surface area contributed by atoms with E-state index in [2.05, 4.69) is 114 Å². The van der Waals surface area contributed by atoms with Crippen LogP contribution in [0.5, 0.6) is 0 Å². The van der Waals surface area contributed by atoms with Crippen LogP contribution in [0.3, 0.4) is 0 Å². The maximum atomic E-state index is 4.84. The summed E-state index contributed by atoms with van der Waals surface area (Å²) in [5, 5.41) is 9.67. The number of nitrogens with zero attached hydrogens (tertiary/aromatic N) is 3. The minimum atomic E-state index is -0.0795. The fourth-order valence-electron chi connectivity index (χ4n) is 5.78. The Morgan fingerprint density at radius 2 is 1.60 bits per heavy atom. The van der Waals surface area contributed by atoms with Crippen molar-refractivity contribution < 1.29 is 0 Å². The van der Waals surface area contributed by atoms with Crippen LogP contribution in [0.25, 0.3) is 28.2 Å². The third kappa shape index (κ3) is 3.82. The Hall–Kier alpha value is -3.20. The number of unbranched alkanes of at least 4 members (excludes halogenated alkanes) is 1. The fourth-order valence-corrected chi connectivity index (χ4v) is 5.78. The Morgan fingerprint density at radius 3 is 2.34 bits per heavy atom. The van der Waals surface area contributed by atoms with E-state index in [9.17, 15) is 0 Å². The second kappa shape index (κ2) is 8.48. The summed E-state index contributed by atoms with van der Waals surface area (Å²) in [6.45, 7) is 15.8. The quantitative estimate of drug-likeness (QED) is 0.288. The Kier molecular flexibility index (Phi) is 5.70. The molecule has 0 bridgehead atoms. The number of hydrogen-bond donors (Lipinski definition) is 0. The van der Waals surface area contributed by atoms with Gasteiger partial charge in [-0.15, -0.1) is 10.2 Å². The molecule has 0 fully saturated rings. The van der Waals surface area contributed by atoms with E-state index in [1.807, 2.05) is 0 Å². The molecule has 180 valence electrons. The van der Waals surface area contributed by atoms with E-state index in [1.54, 1.807) is 0 Å². The van der Waals surface area contributed by atoms with Crippen molar-refractivity contribution in [3.8, 4) is 28.2 Å². The summed E-state index contributed by atoms with van der Waals surface area (Å²) in [6, 6.07) is 22.3. The highest BCUT2D eigenvalue weighted by Crippen LogP contribution is 2.49. The molecule has 0 atom stereocenters. The average molecular weight is 464 g/mol. The minimum Gasteiger partial charge on any atom is -0.278 e. The molecule has 1 aromatic heterocycles. The molecule has 1 aliphatic rings. The molecule has 35 heavy (non-hydrogen) atoms. The lowest BCUT2D eigenvalue weighted by Crippen LogP contribution is -2.23. The third-order valence-electron chi connectivity index (χ3n) is 7.86. The number of hydrogen-bond acceptors (Lipinski definition) is 2. The summed E-state index contributed by atoms with van der Waals surface area (Å²) < 4.78 is 2.32.